The lowest BCUT2D eigenvalue weighted by molar-refractivity contribution is 0.804. The van der Waals surface area contributed by atoms with E-state index >= 15 is 0 Å². The Labute approximate surface area is 104 Å². The molecular weight excluding hydrogens is 228 g/mol. The van der Waals surface area contributed by atoms with Gasteiger partial charge in [0.15, 0.2) is 0 Å². The van der Waals surface area contributed by atoms with Gasteiger partial charge in [0.1, 0.15) is 10.3 Å². The van der Waals surface area contributed by atoms with Gasteiger partial charge in [-0.15, -0.1) is 11.3 Å². The molecule has 3 heteroatoms. The zero-order valence-corrected chi connectivity index (χ0v) is 10.6. The Kier molecular flexibility index (Phi) is 2.77. The molecule has 2 aromatic heterocycles. The van der Waals surface area contributed by atoms with Crippen LogP contribution in [0.5, 0.6) is 0 Å². The number of rotatable bonds is 3. The first-order valence-electron chi connectivity index (χ1n) is 6.02. The maximum atomic E-state index is 4.66. The second kappa shape index (κ2) is 4.41. The van der Waals surface area contributed by atoms with Crippen molar-refractivity contribution >= 4 is 32.7 Å². The van der Waals surface area contributed by atoms with Crippen molar-refractivity contribution in [2.45, 2.75) is 26.2 Å². The number of nitrogens with zero attached hydrogens (tertiary/aromatic N) is 2. The molecule has 0 aliphatic heterocycles. The van der Waals surface area contributed by atoms with Crippen molar-refractivity contribution in [1.29, 1.82) is 0 Å². The highest BCUT2D eigenvalue weighted by atomic mass is 32.1. The maximum absolute atomic E-state index is 4.66. The predicted molar refractivity (Wildman–Crippen MR) is 73.5 cm³/mol. The molecule has 2 heterocycles. The lowest BCUT2D eigenvalue weighted by atomic mass is 10.2. The highest BCUT2D eigenvalue weighted by Gasteiger charge is 2.05. The monoisotopic (exact) mass is 242 g/mol. The third-order valence-electron chi connectivity index (χ3n) is 2.87. The van der Waals surface area contributed by atoms with Gasteiger partial charge in [0.2, 0.25) is 0 Å². The summed E-state index contributed by atoms with van der Waals surface area (Å²) in [6.07, 6.45) is 3.62. The Balaban J connectivity index is 2.11. The number of fused-ring (bicyclic) bond motifs is 2. The van der Waals surface area contributed by atoms with E-state index in [2.05, 4.69) is 23.0 Å². The summed E-state index contributed by atoms with van der Waals surface area (Å²) in [5, 5.41) is 0. The normalized spacial score (nSPS) is 11.4. The smallest absolute Gasteiger partial charge is 0.142 e. The fraction of sp³-hybridized carbons (Fsp3) is 0.286. The highest BCUT2D eigenvalue weighted by molar-refractivity contribution is 7.18. The van der Waals surface area contributed by atoms with Crippen molar-refractivity contribution < 1.29 is 0 Å². The minimum atomic E-state index is 0.986. The van der Waals surface area contributed by atoms with Crippen molar-refractivity contribution in [1.82, 2.24) is 9.97 Å². The topological polar surface area (TPSA) is 25.8 Å². The molecule has 0 atom stereocenters. The number of benzene rings is 1. The summed E-state index contributed by atoms with van der Waals surface area (Å²) in [6, 6.07) is 10.2. The second-order valence-corrected chi connectivity index (χ2v) is 5.33. The molecule has 0 aliphatic carbocycles. The summed E-state index contributed by atoms with van der Waals surface area (Å²) in [5.74, 6) is 0. The molecule has 0 radical (unpaired) electrons. The van der Waals surface area contributed by atoms with Gasteiger partial charge < -0.3 is 0 Å². The molecule has 0 amide bonds. The Morgan fingerprint density at radius 1 is 1.06 bits per heavy atom. The fourth-order valence-electron chi connectivity index (χ4n) is 1.95. The Morgan fingerprint density at radius 2 is 1.82 bits per heavy atom. The van der Waals surface area contributed by atoms with Crippen molar-refractivity contribution in [3.63, 3.8) is 0 Å². The first-order chi connectivity index (χ1) is 8.36. The van der Waals surface area contributed by atoms with Crippen LogP contribution in [-0.2, 0) is 6.42 Å². The van der Waals surface area contributed by atoms with E-state index in [1.807, 2.05) is 24.3 Å². The first-order valence-corrected chi connectivity index (χ1v) is 6.83. The maximum Gasteiger partial charge on any atom is 0.142 e. The van der Waals surface area contributed by atoms with Gasteiger partial charge in [-0.2, -0.15) is 0 Å². The molecule has 3 aromatic rings. The third kappa shape index (κ3) is 2.03. The molecule has 0 bridgehead atoms. The van der Waals surface area contributed by atoms with E-state index in [1.54, 1.807) is 11.3 Å². The molecule has 0 spiro atoms. The molecule has 0 aliphatic rings. The van der Waals surface area contributed by atoms with Gasteiger partial charge in [-0.1, -0.05) is 25.5 Å². The zero-order valence-electron chi connectivity index (χ0n) is 9.81. The summed E-state index contributed by atoms with van der Waals surface area (Å²) in [5.41, 5.74) is 3.02. The molecule has 2 nitrogen and oxygen atoms in total. The average Bonchev–Trinajstić information content (AvgIpc) is 2.75. The highest BCUT2D eigenvalue weighted by Crippen LogP contribution is 2.25. The van der Waals surface area contributed by atoms with E-state index < -0.39 is 0 Å². The summed E-state index contributed by atoms with van der Waals surface area (Å²) >= 11 is 1.78. The minimum Gasteiger partial charge on any atom is -0.244 e. The van der Waals surface area contributed by atoms with Crippen molar-refractivity contribution in [3.8, 4) is 0 Å². The van der Waals surface area contributed by atoms with Crippen LogP contribution < -0.4 is 0 Å². The molecule has 0 saturated carbocycles. The van der Waals surface area contributed by atoms with Gasteiger partial charge in [0.25, 0.3) is 0 Å². The van der Waals surface area contributed by atoms with E-state index in [-0.39, 0.29) is 0 Å². The summed E-state index contributed by atoms with van der Waals surface area (Å²) in [4.78, 5) is 11.8. The number of hydrogen-bond donors (Lipinski definition) is 0. The number of hydrogen-bond acceptors (Lipinski definition) is 3. The molecule has 0 N–H and O–H groups in total. The van der Waals surface area contributed by atoms with Crippen LogP contribution in [0.1, 0.15) is 24.6 Å². The molecule has 86 valence electrons. The van der Waals surface area contributed by atoms with Crippen LogP contribution in [-0.4, -0.2) is 9.97 Å². The van der Waals surface area contributed by atoms with Gasteiger partial charge in [-0.05, 0) is 31.0 Å². The van der Waals surface area contributed by atoms with E-state index in [1.165, 1.54) is 17.7 Å². The van der Waals surface area contributed by atoms with E-state index in [0.717, 1.165) is 27.8 Å². The van der Waals surface area contributed by atoms with Gasteiger partial charge in [0, 0.05) is 4.88 Å². The van der Waals surface area contributed by atoms with Crippen LogP contribution in [0.4, 0.5) is 0 Å². The molecule has 0 saturated heterocycles. The largest absolute Gasteiger partial charge is 0.244 e. The van der Waals surface area contributed by atoms with Crippen LogP contribution in [0.15, 0.2) is 30.3 Å². The fourth-order valence-corrected chi connectivity index (χ4v) is 2.97. The molecule has 0 fully saturated rings. The number of thiophene rings is 1. The second-order valence-electron chi connectivity index (χ2n) is 4.22. The van der Waals surface area contributed by atoms with E-state index in [0.29, 0.717) is 0 Å². The Hall–Kier alpha value is -1.48. The van der Waals surface area contributed by atoms with E-state index in [9.17, 15) is 0 Å². The molecule has 17 heavy (non-hydrogen) atoms. The van der Waals surface area contributed by atoms with Crippen LogP contribution >= 0.6 is 11.3 Å². The standard InChI is InChI=1S/C14H14N2S/c1-2-3-6-10-9-13-14(17-10)16-12-8-5-4-7-11(12)15-13/h4-5,7-9H,2-3,6H2,1H3. The number of unbranched alkanes of at least 4 members (excludes halogenated alkanes) is 1. The summed E-state index contributed by atoms with van der Waals surface area (Å²) in [6.45, 7) is 2.22. The van der Waals surface area contributed by atoms with E-state index in [4.69, 9.17) is 0 Å². The van der Waals surface area contributed by atoms with Crippen LogP contribution in [0.25, 0.3) is 21.4 Å². The molecular formula is C14H14N2S. The van der Waals surface area contributed by atoms with Crippen molar-refractivity contribution in [2.24, 2.45) is 0 Å². The van der Waals surface area contributed by atoms with Gasteiger partial charge >= 0.3 is 0 Å². The van der Waals surface area contributed by atoms with Crippen molar-refractivity contribution in [2.75, 3.05) is 0 Å². The SMILES string of the molecule is CCCCc1cc2nc3ccccc3nc2s1. The van der Waals surface area contributed by atoms with Crippen LogP contribution in [0, 0.1) is 0 Å². The molecule has 1 aromatic carbocycles. The predicted octanol–water partition coefficient (Wildman–Crippen LogP) is 4.19. The van der Waals surface area contributed by atoms with Gasteiger partial charge in [-0.25, -0.2) is 9.97 Å². The summed E-state index contributed by atoms with van der Waals surface area (Å²) < 4.78 is 0. The lowest BCUT2D eigenvalue weighted by Gasteiger charge is -1.94. The number of aromatic nitrogens is 2. The quantitative estimate of drug-likeness (QED) is 0.688. The average molecular weight is 242 g/mol. The number of aryl methyl sites for hydroxylation is 1. The van der Waals surface area contributed by atoms with Crippen LogP contribution in [0.3, 0.4) is 0 Å². The molecule has 3 rings (SSSR count). The van der Waals surface area contributed by atoms with Gasteiger partial charge in [0.05, 0.1) is 11.0 Å². The lowest BCUT2D eigenvalue weighted by Crippen LogP contribution is -1.82. The zero-order chi connectivity index (χ0) is 11.7. The summed E-state index contributed by atoms with van der Waals surface area (Å²) in [7, 11) is 0. The van der Waals surface area contributed by atoms with Crippen LogP contribution in [0.2, 0.25) is 0 Å². The van der Waals surface area contributed by atoms with Gasteiger partial charge in [-0.3, -0.25) is 0 Å². The Morgan fingerprint density at radius 3 is 2.59 bits per heavy atom. The number of para-hydroxylation sites is 2. The first kappa shape index (κ1) is 10.7. The van der Waals surface area contributed by atoms with Crippen molar-refractivity contribution in [3.05, 3.63) is 35.2 Å². The molecule has 0 unspecified atom stereocenters. The third-order valence-corrected chi connectivity index (χ3v) is 3.94. The Bertz CT molecular complexity index is 605. The minimum absolute atomic E-state index is 0.986.